The predicted molar refractivity (Wildman–Crippen MR) is 139 cm³/mol. The van der Waals surface area contributed by atoms with Crippen molar-refractivity contribution in [2.45, 2.75) is 40.5 Å². The molecule has 0 aliphatic heterocycles. The predicted octanol–water partition coefficient (Wildman–Crippen LogP) is -0.200. The normalized spacial score (nSPS) is 8.06. The Morgan fingerprint density at radius 3 is 1.03 bits per heavy atom. The van der Waals surface area contributed by atoms with Gasteiger partial charge in [-0.25, -0.2) is 14.3 Å². The second-order valence-corrected chi connectivity index (χ2v) is 7.09. The second kappa shape index (κ2) is 46.8. The van der Waals surface area contributed by atoms with Gasteiger partial charge in [0, 0.05) is 19.6 Å². The van der Waals surface area contributed by atoms with Crippen molar-refractivity contribution < 1.29 is 13.3 Å². The zero-order chi connectivity index (χ0) is 26.9. The van der Waals surface area contributed by atoms with E-state index in [-0.39, 0.29) is 0 Å². The summed E-state index contributed by atoms with van der Waals surface area (Å²) in [6.45, 7) is 21.4. The van der Waals surface area contributed by atoms with E-state index < -0.39 is 10.0 Å². The van der Waals surface area contributed by atoms with Crippen molar-refractivity contribution >= 4 is 10.0 Å². The van der Waals surface area contributed by atoms with Crippen LogP contribution in [0.1, 0.15) is 40.5 Å². The lowest BCUT2D eigenvalue weighted by molar-refractivity contribution is 0.206. The molecule has 15 N–H and O–H groups in total. The van der Waals surface area contributed by atoms with Crippen molar-refractivity contribution in [1.82, 2.24) is 4.83 Å². The molecular weight excluding hydrogens is 420 g/mol. The number of nitrogens with two attached hydrogens (primary N) is 7. The van der Waals surface area contributed by atoms with Crippen LogP contribution >= 0.6 is 0 Å². The maximum absolute atomic E-state index is 9.76. The molecule has 0 aromatic heterocycles. The van der Waals surface area contributed by atoms with Gasteiger partial charge in [0.15, 0.2) is 0 Å². The highest BCUT2D eigenvalue weighted by atomic mass is 32.2. The third kappa shape index (κ3) is 148. The molecule has 194 valence electrons. The quantitative estimate of drug-likeness (QED) is 0.143. The second-order valence-electron chi connectivity index (χ2n) is 5.31. The minimum atomic E-state index is -3.13. The average molecular weight is 475 g/mol. The van der Waals surface area contributed by atoms with E-state index in [4.69, 9.17) is 22.9 Å². The Labute approximate surface area is 192 Å². The van der Waals surface area contributed by atoms with Crippen molar-refractivity contribution in [3.05, 3.63) is 36.5 Å². The van der Waals surface area contributed by atoms with E-state index in [2.05, 4.69) is 55.9 Å². The Balaban J connectivity index is -0.0000000447. The van der Waals surface area contributed by atoms with Gasteiger partial charge in [-0.05, 0) is 33.4 Å². The number of hydrazine groups is 1. The zero-order valence-electron chi connectivity index (χ0n) is 21.0. The van der Waals surface area contributed by atoms with Crippen LogP contribution < -0.4 is 45.2 Å². The monoisotopic (exact) mass is 474 g/mol. The maximum Gasteiger partial charge on any atom is 0.221 e. The number of nitrogens with one attached hydrogen (secondary N) is 1. The highest BCUT2D eigenvalue weighted by molar-refractivity contribution is 7.88. The molecule has 31 heavy (non-hydrogen) atoms. The van der Waals surface area contributed by atoms with Crippen molar-refractivity contribution in [3.63, 3.8) is 0 Å². The van der Waals surface area contributed by atoms with Crippen LogP contribution in [0.25, 0.3) is 0 Å². The molecule has 0 rings (SSSR count). The summed E-state index contributed by atoms with van der Waals surface area (Å²) in [5.41, 5.74) is 28.1. The van der Waals surface area contributed by atoms with Crippen LogP contribution in [0.15, 0.2) is 36.5 Å². The Morgan fingerprint density at radius 2 is 1.03 bits per heavy atom. The average Bonchev–Trinajstić information content (AvgIpc) is 2.75. The number of sulfonamides is 1. The lowest BCUT2D eigenvalue weighted by atomic mass is 10.2. The summed E-state index contributed by atoms with van der Waals surface area (Å²) >= 11 is 0. The third-order valence-electron chi connectivity index (χ3n) is 2.14. The molecule has 0 unspecified atom stereocenters. The maximum atomic E-state index is 9.76. The van der Waals surface area contributed by atoms with Gasteiger partial charge in [0.1, 0.15) is 0 Å². The first-order valence-electron chi connectivity index (χ1n) is 9.54. The van der Waals surface area contributed by atoms with E-state index in [0.29, 0.717) is 19.6 Å². The van der Waals surface area contributed by atoms with Crippen LogP contribution in [-0.4, -0.2) is 55.0 Å². The van der Waals surface area contributed by atoms with Crippen molar-refractivity contribution in [2.75, 3.05) is 46.6 Å². The van der Waals surface area contributed by atoms with Crippen LogP contribution in [0.4, 0.5) is 0 Å². The van der Waals surface area contributed by atoms with Gasteiger partial charge in [-0.1, -0.05) is 57.2 Å². The Kier molecular flexibility index (Phi) is 71.9. The summed E-state index contributed by atoms with van der Waals surface area (Å²) in [7, 11) is -0.231. The fourth-order valence-corrected chi connectivity index (χ4v) is 0.289. The molecule has 0 saturated carbocycles. The first-order valence-corrected chi connectivity index (χ1v) is 11.4. The largest absolute Gasteiger partial charge is 0.333 e. The smallest absolute Gasteiger partial charge is 0.221 e. The molecule has 0 fully saturated rings. The van der Waals surface area contributed by atoms with E-state index in [9.17, 15) is 8.42 Å². The highest BCUT2D eigenvalue weighted by Gasteiger charge is 1.88. The van der Waals surface area contributed by atoms with E-state index >= 15 is 0 Å². The SMILES string of the molecule is C=C(C)CN.C=C(CC)CN.C=C(CC)CN.CCN.CN.CON.CS(=O)(=O)NN. The van der Waals surface area contributed by atoms with E-state index in [1.165, 1.54) is 14.2 Å². The Morgan fingerprint density at radius 1 is 0.871 bits per heavy atom. The molecule has 0 bridgehead atoms. The van der Waals surface area contributed by atoms with E-state index in [0.717, 1.165) is 42.4 Å². The summed E-state index contributed by atoms with van der Waals surface area (Å²) in [4.78, 5) is 5.33. The van der Waals surface area contributed by atoms with Gasteiger partial charge in [0.25, 0.3) is 0 Å². The highest BCUT2D eigenvalue weighted by Crippen LogP contribution is 1.89. The standard InChI is InChI=1S/2C5H11N.C4H9N.C2H7N.CH6N2O2S.CH5NO.CH5N/c2*1-3-5(2)4-6;1-4(2)3-5;1-2-3;1-6(4,5)3-2;1-3-2;1-2/h2*2-4,6H2,1H3;1,3,5H2,2H3;2-3H2,1H3;3H,2H2,1H3;2H2,1H3;2H2,1H3. The molecule has 11 nitrogen and oxygen atoms in total. The van der Waals surface area contributed by atoms with Gasteiger partial charge >= 0.3 is 0 Å². The fraction of sp³-hybridized carbons (Fsp3) is 0.684. The molecule has 0 aromatic rings. The third-order valence-corrected chi connectivity index (χ3v) is 2.57. The van der Waals surface area contributed by atoms with Gasteiger partial charge < -0.3 is 33.5 Å². The van der Waals surface area contributed by atoms with Gasteiger partial charge in [-0.2, -0.15) is 4.83 Å². The molecule has 0 spiro atoms. The summed E-state index contributed by atoms with van der Waals surface area (Å²) in [5, 5.41) is 0. The Bertz CT molecular complexity index is 415. The lowest BCUT2D eigenvalue weighted by Crippen LogP contribution is -2.28. The molecule has 0 atom stereocenters. The minimum absolute atomic E-state index is 0.611. The number of rotatable bonds is 6. The molecule has 12 heteroatoms. The van der Waals surface area contributed by atoms with Crippen molar-refractivity contribution in [2.24, 2.45) is 40.4 Å². The van der Waals surface area contributed by atoms with E-state index in [1.54, 1.807) is 4.83 Å². The molecular formula is C19H54N8O3S. The summed E-state index contributed by atoms with van der Waals surface area (Å²) < 4.78 is 19.5. The number of hydrogen-bond donors (Lipinski definition) is 8. The summed E-state index contributed by atoms with van der Waals surface area (Å²) in [6.07, 6.45) is 3.00. The molecule has 0 aromatic carbocycles. The molecule has 0 heterocycles. The van der Waals surface area contributed by atoms with Gasteiger partial charge in [-0.3, -0.25) is 5.84 Å². The van der Waals surface area contributed by atoms with Crippen molar-refractivity contribution in [3.8, 4) is 0 Å². The zero-order valence-corrected chi connectivity index (χ0v) is 21.9. The fourth-order valence-electron chi connectivity index (χ4n) is 0.289. The number of hydrogen-bond acceptors (Lipinski definition) is 10. The van der Waals surface area contributed by atoms with Crippen LogP contribution in [0, 0.1) is 0 Å². The van der Waals surface area contributed by atoms with Crippen LogP contribution in [0.3, 0.4) is 0 Å². The van der Waals surface area contributed by atoms with Gasteiger partial charge in [0.05, 0.1) is 13.4 Å². The first kappa shape index (κ1) is 47.6. The molecule has 0 radical (unpaired) electrons. The lowest BCUT2D eigenvalue weighted by Gasteiger charge is -1.89. The molecule has 0 aliphatic carbocycles. The molecule has 0 aliphatic rings. The molecule has 0 amide bonds. The molecule has 0 saturated heterocycles. The van der Waals surface area contributed by atoms with Crippen molar-refractivity contribution in [1.29, 1.82) is 0 Å². The minimum Gasteiger partial charge on any atom is -0.333 e. The van der Waals surface area contributed by atoms with Crippen LogP contribution in [0.5, 0.6) is 0 Å². The van der Waals surface area contributed by atoms with Gasteiger partial charge in [-0.15, -0.1) is 0 Å². The van der Waals surface area contributed by atoms with Crippen LogP contribution in [0.2, 0.25) is 0 Å². The Hall–Kier alpha value is -1.19. The van der Waals surface area contributed by atoms with E-state index in [1.807, 2.05) is 13.8 Å². The summed E-state index contributed by atoms with van der Waals surface area (Å²) in [5.74, 6) is 8.81. The van der Waals surface area contributed by atoms with Gasteiger partial charge in [0.2, 0.25) is 10.0 Å². The van der Waals surface area contributed by atoms with Crippen LogP contribution in [-0.2, 0) is 14.9 Å². The summed E-state index contributed by atoms with van der Waals surface area (Å²) in [6, 6.07) is 0. The topological polar surface area (TPSA) is 238 Å². The first-order chi connectivity index (χ1) is 14.3.